The van der Waals surface area contributed by atoms with Crippen molar-refractivity contribution in [3.63, 3.8) is 0 Å². The Balaban J connectivity index is 1.15. The van der Waals surface area contributed by atoms with Gasteiger partial charge in [-0.15, -0.1) is 0 Å². The predicted molar refractivity (Wildman–Crippen MR) is 454 cm³/mol. The van der Waals surface area contributed by atoms with Gasteiger partial charge in [0.1, 0.15) is 25.3 Å². The van der Waals surface area contributed by atoms with Crippen LogP contribution in [0.25, 0.3) is 75.9 Å². The molecule has 0 aliphatic carbocycles. The number of anilines is 12. The van der Waals surface area contributed by atoms with Crippen LogP contribution in [0.15, 0.2) is 208 Å². The Hall–Kier alpha value is -11.8. The summed E-state index contributed by atoms with van der Waals surface area (Å²) < 4.78 is 0. The van der Waals surface area contributed by atoms with Gasteiger partial charge in [0.2, 0.25) is 0 Å². The van der Waals surface area contributed by atoms with Crippen molar-refractivity contribution in [2.45, 2.75) is 160 Å². The highest BCUT2D eigenvalue weighted by Gasteiger charge is 2.34. The molecule has 12 aromatic carbocycles. The summed E-state index contributed by atoms with van der Waals surface area (Å²) in [5, 5.41) is 10.4. The van der Waals surface area contributed by atoms with Crippen molar-refractivity contribution < 1.29 is 0 Å². The van der Waals surface area contributed by atoms with E-state index in [1.54, 1.807) is 25.3 Å². The minimum absolute atomic E-state index is 0.117. The van der Waals surface area contributed by atoms with Crippen molar-refractivity contribution in [2.75, 3.05) is 19.6 Å². The minimum atomic E-state index is -0.117. The fraction of sp³-hybridized carbons (Fsp3) is 0.250. The second kappa shape index (κ2) is 26.0. The van der Waals surface area contributed by atoms with Crippen LogP contribution in [0.2, 0.25) is 0 Å². The second-order valence-corrected chi connectivity index (χ2v) is 33.9. The summed E-state index contributed by atoms with van der Waals surface area (Å²) in [6.07, 6.45) is 14.5. The van der Waals surface area contributed by atoms with Gasteiger partial charge in [-0.05, 0) is 229 Å². The van der Waals surface area contributed by atoms with Gasteiger partial charge in [0, 0.05) is 101 Å². The van der Waals surface area contributed by atoms with Crippen LogP contribution in [0.3, 0.4) is 0 Å². The molecule has 12 heteroatoms. The van der Waals surface area contributed by atoms with E-state index in [1.807, 2.05) is 24.8 Å². The number of nitrogens with zero attached hydrogens (tertiary/aromatic N) is 12. The smallest absolute Gasteiger partial charge is 0.116 e. The standard InChI is InChI=1S/C96H94N12/c1-55-41-63-47-97-51-101-85(63)59(5)89(55)105(71-29-21-67(22-30-71)93(9,10)11)79-45-80(106(72-31-23-68(24-32-72)94(12,13)14)90-56(2)42-64-48-98-52-102-86(64)60(90)6)76-39-40-78-82(108(74-35-27-70(28-36-74)96(18,19)20)92-58(4)44-66-50-100-54-104-88(66)62(92)8)46-81(77-38-37-75(79)83(76)84(77)78)107(73-33-25-69(26-34-73)95(15,16)17)91-57(3)43-65-49-99-53-103-87(65)61(91)7/h21-54H,1-20H3. The molecule has 0 atom stereocenters. The van der Waals surface area contributed by atoms with E-state index >= 15 is 0 Å². The SMILES string of the molecule is Cc1cc2cncnc2c(C)c1N(c1ccc(C(C)(C)C)cc1)c1cc(N(c2ccc(C(C)(C)C)cc2)c2c(C)cc3cncnc3c2C)c2ccc3c(N(c4ccc(C(C)(C)C)cc4)c4c(C)cc5cncnc5c4C)cc(N(c4ccc(C(C)(C)C)cc4)c4c(C)cc5cncnc5c4C)c4ccc1c2c43. The molecular formula is C96H94N12. The van der Waals surface area contributed by atoms with Gasteiger partial charge < -0.3 is 19.6 Å². The normalized spacial score (nSPS) is 12.4. The molecule has 0 saturated carbocycles. The van der Waals surface area contributed by atoms with Crippen molar-refractivity contribution in [3.05, 3.63) is 275 Å². The van der Waals surface area contributed by atoms with Gasteiger partial charge in [0.25, 0.3) is 0 Å². The molecule has 0 N–H and O–H groups in total. The van der Waals surface area contributed by atoms with Crippen molar-refractivity contribution in [2.24, 2.45) is 0 Å². The molecule has 0 bridgehead atoms. The van der Waals surface area contributed by atoms with Gasteiger partial charge in [-0.1, -0.05) is 156 Å². The van der Waals surface area contributed by atoms with E-state index in [2.05, 4.69) is 336 Å². The summed E-state index contributed by atoms with van der Waals surface area (Å²) in [6, 6.07) is 60.7. The third-order valence-electron chi connectivity index (χ3n) is 22.4. The highest BCUT2D eigenvalue weighted by atomic mass is 15.2. The Morgan fingerprint density at radius 2 is 0.435 bits per heavy atom. The average molecular weight is 1420 g/mol. The first kappa shape index (κ1) is 70.5. The maximum Gasteiger partial charge on any atom is 0.116 e. The lowest BCUT2D eigenvalue weighted by Crippen LogP contribution is -2.19. The molecule has 0 aliphatic rings. The Morgan fingerprint density at radius 1 is 0.241 bits per heavy atom. The van der Waals surface area contributed by atoms with Crippen molar-refractivity contribution >= 4 is 144 Å². The first-order valence-electron chi connectivity index (χ1n) is 37.7. The molecular weight excluding hydrogens is 1320 g/mol. The molecule has 4 aromatic heterocycles. The zero-order chi connectivity index (χ0) is 75.9. The molecule has 0 unspecified atom stereocenters. The van der Waals surface area contributed by atoms with Gasteiger partial charge in [-0.2, -0.15) is 0 Å². The fourth-order valence-electron chi connectivity index (χ4n) is 16.9. The molecule has 12 nitrogen and oxygen atoms in total. The summed E-state index contributed by atoms with van der Waals surface area (Å²) in [4.78, 5) is 48.8. The molecule has 0 fully saturated rings. The van der Waals surface area contributed by atoms with Crippen LogP contribution in [0.4, 0.5) is 68.2 Å². The van der Waals surface area contributed by atoms with Gasteiger partial charge in [-0.3, -0.25) is 0 Å². The molecule has 0 amide bonds. The lowest BCUT2D eigenvalue weighted by Gasteiger charge is -2.37. The first-order chi connectivity index (χ1) is 51.4. The van der Waals surface area contributed by atoms with Crippen LogP contribution < -0.4 is 19.6 Å². The fourth-order valence-corrected chi connectivity index (χ4v) is 16.9. The number of hydrogen-bond donors (Lipinski definition) is 0. The molecule has 4 heterocycles. The summed E-state index contributed by atoms with van der Waals surface area (Å²) in [7, 11) is 0. The third-order valence-corrected chi connectivity index (χ3v) is 22.4. The molecule has 0 aliphatic heterocycles. The van der Waals surface area contributed by atoms with Crippen LogP contribution in [-0.2, 0) is 21.7 Å². The van der Waals surface area contributed by atoms with Crippen molar-refractivity contribution in [3.8, 4) is 0 Å². The van der Waals surface area contributed by atoms with Crippen LogP contribution in [0.1, 0.15) is 150 Å². The number of fused-ring (bicyclic) bond motifs is 4. The molecule has 0 saturated heterocycles. The molecule has 108 heavy (non-hydrogen) atoms. The minimum Gasteiger partial charge on any atom is -0.309 e. The maximum atomic E-state index is 5.09. The van der Waals surface area contributed by atoms with Crippen molar-refractivity contribution in [1.82, 2.24) is 39.9 Å². The van der Waals surface area contributed by atoms with E-state index < -0.39 is 0 Å². The molecule has 16 rings (SSSR count). The summed E-state index contributed by atoms with van der Waals surface area (Å²) >= 11 is 0. The Kier molecular flexibility index (Phi) is 17.0. The van der Waals surface area contributed by atoms with E-state index in [1.165, 1.54) is 22.3 Å². The van der Waals surface area contributed by atoms with E-state index in [0.717, 1.165) is 189 Å². The summed E-state index contributed by atoms with van der Waals surface area (Å²) in [5.74, 6) is 0. The van der Waals surface area contributed by atoms with Gasteiger partial charge in [0.05, 0.1) is 67.6 Å². The number of benzene rings is 12. The zero-order valence-electron chi connectivity index (χ0n) is 66.0. The number of hydrogen-bond acceptors (Lipinski definition) is 12. The van der Waals surface area contributed by atoms with Crippen LogP contribution in [-0.4, -0.2) is 39.9 Å². The molecule has 16 aromatic rings. The lowest BCUT2D eigenvalue weighted by molar-refractivity contribution is 0.590. The van der Waals surface area contributed by atoms with Crippen LogP contribution >= 0.6 is 0 Å². The Labute approximate surface area is 634 Å². The van der Waals surface area contributed by atoms with Crippen LogP contribution in [0.5, 0.6) is 0 Å². The van der Waals surface area contributed by atoms with E-state index in [0.29, 0.717) is 0 Å². The monoisotopic (exact) mass is 1410 g/mol. The lowest BCUT2D eigenvalue weighted by atomic mass is 9.86. The summed E-state index contributed by atoms with van der Waals surface area (Å²) in [6.45, 7) is 45.3. The summed E-state index contributed by atoms with van der Waals surface area (Å²) in [5.41, 5.74) is 28.7. The Morgan fingerprint density at radius 3 is 0.620 bits per heavy atom. The van der Waals surface area contributed by atoms with E-state index in [4.69, 9.17) is 19.9 Å². The molecule has 0 spiro atoms. The quantitative estimate of drug-likeness (QED) is 0.108. The van der Waals surface area contributed by atoms with E-state index in [9.17, 15) is 0 Å². The third kappa shape index (κ3) is 11.9. The highest BCUT2D eigenvalue weighted by molar-refractivity contribution is 6.33. The molecule has 538 valence electrons. The first-order valence-corrected chi connectivity index (χ1v) is 37.7. The van der Waals surface area contributed by atoms with Crippen LogP contribution in [0, 0.1) is 55.4 Å². The highest BCUT2D eigenvalue weighted by Crippen LogP contribution is 2.58. The van der Waals surface area contributed by atoms with E-state index in [-0.39, 0.29) is 21.7 Å². The largest absolute Gasteiger partial charge is 0.309 e. The predicted octanol–water partition coefficient (Wildman–Crippen LogP) is 25.9. The maximum absolute atomic E-state index is 5.09. The average Bonchev–Trinajstić information content (AvgIpc) is 0.694. The van der Waals surface area contributed by atoms with Gasteiger partial charge in [0.15, 0.2) is 0 Å². The Bertz CT molecular complexity index is 5500. The van der Waals surface area contributed by atoms with Gasteiger partial charge >= 0.3 is 0 Å². The second-order valence-electron chi connectivity index (χ2n) is 33.9. The zero-order valence-corrected chi connectivity index (χ0v) is 66.0. The van der Waals surface area contributed by atoms with Gasteiger partial charge in [-0.25, -0.2) is 39.9 Å². The number of aromatic nitrogens is 8. The van der Waals surface area contributed by atoms with Crippen molar-refractivity contribution in [1.29, 1.82) is 0 Å². The number of aryl methyl sites for hydroxylation is 8. The number of rotatable bonds is 12. The topological polar surface area (TPSA) is 116 Å². The molecule has 0 radical (unpaired) electrons.